The highest BCUT2D eigenvalue weighted by Crippen LogP contribution is 2.36. The van der Waals surface area contributed by atoms with E-state index in [9.17, 15) is 27.9 Å². The smallest absolute Gasteiger partial charge is 0.416 e. The number of halogens is 3. The first-order valence-electron chi connectivity index (χ1n) is 9.39. The van der Waals surface area contributed by atoms with Crippen molar-refractivity contribution in [2.75, 3.05) is 0 Å². The van der Waals surface area contributed by atoms with Crippen molar-refractivity contribution in [2.24, 2.45) is 7.05 Å². The van der Waals surface area contributed by atoms with E-state index in [1.807, 2.05) is 6.07 Å². The first kappa shape index (κ1) is 22.1. The van der Waals surface area contributed by atoms with Gasteiger partial charge in [0, 0.05) is 19.5 Å². The number of aromatic hydroxyl groups is 1. The molecule has 1 heterocycles. The van der Waals surface area contributed by atoms with Gasteiger partial charge in [-0.25, -0.2) is 4.98 Å². The highest BCUT2D eigenvalue weighted by Gasteiger charge is 2.35. The zero-order valence-electron chi connectivity index (χ0n) is 16.8. The van der Waals surface area contributed by atoms with E-state index in [0.29, 0.717) is 0 Å². The number of rotatable bonds is 5. The lowest BCUT2D eigenvalue weighted by Gasteiger charge is -2.20. The molecule has 0 saturated heterocycles. The lowest BCUT2D eigenvalue weighted by Crippen LogP contribution is -2.31. The fourth-order valence-electron chi connectivity index (χ4n) is 3.29. The molecule has 162 valence electrons. The average Bonchev–Trinajstić information content (AvgIpc) is 2.76. The lowest BCUT2D eigenvalue weighted by molar-refractivity contribution is -0.138. The molecule has 6 nitrogen and oxygen atoms in total. The first-order chi connectivity index (χ1) is 14.6. The van der Waals surface area contributed by atoms with Crippen LogP contribution in [0.5, 0.6) is 5.75 Å². The summed E-state index contributed by atoms with van der Waals surface area (Å²) < 4.78 is 41.3. The van der Waals surface area contributed by atoms with Gasteiger partial charge in [-0.1, -0.05) is 55.5 Å². The SMILES string of the molecule is CC(c1ccccc1C(F)(F)F)c1nc(C(=O)NCc2ccccc2)c(O)c(=O)n1C. The number of hydrogen-bond acceptors (Lipinski definition) is 4. The Hall–Kier alpha value is -3.62. The van der Waals surface area contributed by atoms with E-state index in [0.717, 1.165) is 16.2 Å². The molecule has 0 fully saturated rings. The average molecular weight is 431 g/mol. The van der Waals surface area contributed by atoms with Gasteiger partial charge in [-0.3, -0.25) is 14.2 Å². The Balaban J connectivity index is 2.00. The van der Waals surface area contributed by atoms with E-state index in [1.54, 1.807) is 24.3 Å². The summed E-state index contributed by atoms with van der Waals surface area (Å²) in [7, 11) is 1.28. The van der Waals surface area contributed by atoms with Gasteiger partial charge < -0.3 is 10.4 Å². The van der Waals surface area contributed by atoms with Crippen LogP contribution in [-0.2, 0) is 19.8 Å². The fourth-order valence-corrected chi connectivity index (χ4v) is 3.29. The van der Waals surface area contributed by atoms with Crippen molar-refractivity contribution in [1.82, 2.24) is 14.9 Å². The number of alkyl halides is 3. The molecule has 0 aliphatic rings. The van der Waals surface area contributed by atoms with E-state index in [1.165, 1.54) is 32.2 Å². The van der Waals surface area contributed by atoms with Gasteiger partial charge in [0.1, 0.15) is 5.82 Å². The fraction of sp³-hybridized carbons (Fsp3) is 0.227. The molecule has 0 radical (unpaired) electrons. The molecule has 1 aromatic heterocycles. The Morgan fingerprint density at radius 2 is 1.74 bits per heavy atom. The third-order valence-corrected chi connectivity index (χ3v) is 4.93. The van der Waals surface area contributed by atoms with Crippen LogP contribution < -0.4 is 10.9 Å². The van der Waals surface area contributed by atoms with Gasteiger partial charge in [0.25, 0.3) is 11.5 Å². The Morgan fingerprint density at radius 1 is 1.13 bits per heavy atom. The number of nitrogens with one attached hydrogen (secondary N) is 1. The zero-order valence-corrected chi connectivity index (χ0v) is 16.8. The maximum atomic E-state index is 13.4. The van der Waals surface area contributed by atoms with Crippen LogP contribution in [0.3, 0.4) is 0 Å². The van der Waals surface area contributed by atoms with Gasteiger partial charge in [-0.05, 0) is 17.2 Å². The maximum Gasteiger partial charge on any atom is 0.416 e. The molecule has 2 aromatic carbocycles. The van der Waals surface area contributed by atoms with E-state index >= 15 is 0 Å². The Kier molecular flexibility index (Phi) is 6.14. The summed E-state index contributed by atoms with van der Waals surface area (Å²) in [6.07, 6.45) is -4.60. The van der Waals surface area contributed by atoms with Gasteiger partial charge in [0.2, 0.25) is 5.75 Å². The standard InChI is InChI=1S/C22H20F3N3O3/c1-13(15-10-6-7-11-16(15)22(23,24)25)19-27-17(18(29)21(31)28(19)2)20(30)26-12-14-8-4-3-5-9-14/h3-11,13,29H,12H2,1-2H3,(H,26,30). The second kappa shape index (κ2) is 8.63. The van der Waals surface area contributed by atoms with Gasteiger partial charge in [0.15, 0.2) is 5.69 Å². The molecule has 9 heteroatoms. The zero-order chi connectivity index (χ0) is 22.8. The van der Waals surface area contributed by atoms with Gasteiger partial charge in [-0.15, -0.1) is 0 Å². The molecule has 3 aromatic rings. The van der Waals surface area contributed by atoms with Gasteiger partial charge >= 0.3 is 6.18 Å². The lowest BCUT2D eigenvalue weighted by atomic mass is 9.94. The summed E-state index contributed by atoms with van der Waals surface area (Å²) >= 11 is 0. The molecule has 3 rings (SSSR count). The number of benzene rings is 2. The number of amides is 1. The molecule has 1 unspecified atom stereocenters. The summed E-state index contributed by atoms with van der Waals surface area (Å²) in [6.45, 7) is 1.58. The third kappa shape index (κ3) is 4.60. The van der Waals surface area contributed by atoms with Crippen LogP contribution in [0.1, 0.15) is 45.8 Å². The van der Waals surface area contributed by atoms with Crippen molar-refractivity contribution < 1.29 is 23.1 Å². The largest absolute Gasteiger partial charge is 0.501 e. The molecular weight excluding hydrogens is 411 g/mol. The number of carbonyl (C=O) groups is 1. The van der Waals surface area contributed by atoms with Crippen molar-refractivity contribution in [3.63, 3.8) is 0 Å². The van der Waals surface area contributed by atoms with E-state index in [4.69, 9.17) is 0 Å². The topological polar surface area (TPSA) is 84.2 Å². The van der Waals surface area contributed by atoms with Crippen molar-refractivity contribution in [1.29, 1.82) is 0 Å². The molecule has 31 heavy (non-hydrogen) atoms. The van der Waals surface area contributed by atoms with Crippen LogP contribution in [-0.4, -0.2) is 20.6 Å². The van der Waals surface area contributed by atoms with E-state index < -0.39 is 40.6 Å². The van der Waals surface area contributed by atoms with Crippen molar-refractivity contribution in [2.45, 2.75) is 25.6 Å². The third-order valence-electron chi connectivity index (χ3n) is 4.93. The Bertz CT molecular complexity index is 1160. The molecule has 0 bridgehead atoms. The predicted octanol–water partition coefficient (Wildman–Crippen LogP) is 3.59. The maximum absolute atomic E-state index is 13.4. The van der Waals surface area contributed by atoms with Crippen molar-refractivity contribution >= 4 is 5.91 Å². The molecule has 1 atom stereocenters. The summed E-state index contributed by atoms with van der Waals surface area (Å²) in [6, 6.07) is 13.9. The minimum absolute atomic E-state index is 0.0793. The van der Waals surface area contributed by atoms with Crippen LogP contribution in [0.2, 0.25) is 0 Å². The molecule has 2 N–H and O–H groups in total. The normalized spacial score (nSPS) is 12.4. The Labute approximate surface area is 176 Å². The number of nitrogens with zero attached hydrogens (tertiary/aromatic N) is 2. The molecule has 0 aliphatic carbocycles. The van der Waals surface area contributed by atoms with Gasteiger partial charge in [0.05, 0.1) is 5.56 Å². The van der Waals surface area contributed by atoms with Crippen molar-refractivity contribution in [3.8, 4) is 5.75 Å². The highest BCUT2D eigenvalue weighted by atomic mass is 19.4. The highest BCUT2D eigenvalue weighted by molar-refractivity contribution is 5.94. The molecular formula is C22H20F3N3O3. The quantitative estimate of drug-likeness (QED) is 0.647. The number of carbonyl (C=O) groups excluding carboxylic acids is 1. The second-order valence-electron chi connectivity index (χ2n) is 7.01. The second-order valence-corrected chi connectivity index (χ2v) is 7.01. The van der Waals surface area contributed by atoms with E-state index in [2.05, 4.69) is 10.3 Å². The number of aromatic nitrogens is 2. The predicted molar refractivity (Wildman–Crippen MR) is 108 cm³/mol. The van der Waals surface area contributed by atoms with Crippen LogP contribution in [0.25, 0.3) is 0 Å². The van der Waals surface area contributed by atoms with Crippen LogP contribution >= 0.6 is 0 Å². The minimum atomic E-state index is -4.60. The summed E-state index contributed by atoms with van der Waals surface area (Å²) in [4.78, 5) is 29.1. The van der Waals surface area contributed by atoms with Crippen molar-refractivity contribution in [3.05, 3.63) is 93.2 Å². The van der Waals surface area contributed by atoms with Crippen LogP contribution in [0.15, 0.2) is 59.4 Å². The Morgan fingerprint density at radius 3 is 2.39 bits per heavy atom. The monoisotopic (exact) mass is 431 g/mol. The van der Waals surface area contributed by atoms with Crippen LogP contribution in [0.4, 0.5) is 13.2 Å². The van der Waals surface area contributed by atoms with Gasteiger partial charge in [-0.2, -0.15) is 13.2 Å². The molecule has 1 amide bonds. The summed E-state index contributed by atoms with van der Waals surface area (Å²) in [5, 5.41) is 12.7. The van der Waals surface area contributed by atoms with Crippen LogP contribution in [0, 0.1) is 0 Å². The minimum Gasteiger partial charge on any atom is -0.501 e. The first-order valence-corrected chi connectivity index (χ1v) is 9.39. The molecule has 0 spiro atoms. The summed E-state index contributed by atoms with van der Waals surface area (Å²) in [5.74, 6) is -2.73. The summed E-state index contributed by atoms with van der Waals surface area (Å²) in [5.41, 5.74) is -1.64. The van der Waals surface area contributed by atoms with E-state index in [-0.39, 0.29) is 17.9 Å². The number of hydrogen-bond donors (Lipinski definition) is 2. The molecule has 0 aliphatic heterocycles. The molecule has 0 saturated carbocycles.